The number of carbonyl (C=O) groups is 2. The number of rotatable bonds is 14. The van der Waals surface area contributed by atoms with Crippen LogP contribution in [0.1, 0.15) is 50.3 Å². The molecule has 3 aromatic rings. The Morgan fingerprint density at radius 2 is 1.56 bits per heavy atom. The molecular formula is C33H43N3O6S. The number of sulfonamides is 1. The van der Waals surface area contributed by atoms with Crippen LogP contribution in [0.4, 0.5) is 5.69 Å². The van der Waals surface area contributed by atoms with E-state index in [1.807, 2.05) is 52.8 Å². The van der Waals surface area contributed by atoms with Crippen LogP contribution in [0.2, 0.25) is 0 Å². The fourth-order valence-corrected chi connectivity index (χ4v) is 6.09. The van der Waals surface area contributed by atoms with Crippen molar-refractivity contribution in [1.29, 1.82) is 0 Å². The first kappa shape index (κ1) is 33.5. The summed E-state index contributed by atoms with van der Waals surface area (Å²) in [6.45, 7) is 8.93. The van der Waals surface area contributed by atoms with Gasteiger partial charge in [-0.05, 0) is 81.1 Å². The summed E-state index contributed by atoms with van der Waals surface area (Å²) in [5.74, 6) is 0.0763. The Morgan fingerprint density at radius 1 is 0.884 bits per heavy atom. The molecule has 0 heterocycles. The predicted octanol–water partition coefficient (Wildman–Crippen LogP) is 5.24. The third-order valence-electron chi connectivity index (χ3n) is 7.36. The number of aryl methyl sites for hydroxylation is 2. The van der Waals surface area contributed by atoms with Gasteiger partial charge in [0.25, 0.3) is 10.0 Å². The average Bonchev–Trinajstić information content (AvgIpc) is 2.99. The molecule has 10 heteroatoms. The molecule has 232 valence electrons. The highest BCUT2D eigenvalue weighted by Gasteiger charge is 2.35. The standard InChI is InChI=1S/C33H43N3O6S/c1-8-25(5)34-33(38)29(9-2)35(21-26-11-10-12-27(20-26)41-6)32(37)22-36(30-19-24(4)15-18-31(30)42-7)43(39,40)28-16-13-23(3)14-17-28/h10-20,25,29H,8-9,21-22H2,1-7H3,(H,34,38)/t25-,29-/m0/s1. The van der Waals surface area contributed by atoms with Crippen LogP contribution in [-0.4, -0.2) is 58.0 Å². The van der Waals surface area contributed by atoms with Crippen molar-refractivity contribution in [1.82, 2.24) is 10.2 Å². The summed E-state index contributed by atoms with van der Waals surface area (Å²) in [5.41, 5.74) is 2.66. The first-order valence-electron chi connectivity index (χ1n) is 14.4. The molecule has 0 saturated heterocycles. The molecule has 0 fully saturated rings. The van der Waals surface area contributed by atoms with E-state index in [1.165, 1.54) is 24.1 Å². The SMILES string of the molecule is CC[C@H](C)NC(=O)[C@H](CC)N(Cc1cccc(OC)c1)C(=O)CN(c1cc(C)ccc1OC)S(=O)(=O)c1ccc(C)cc1. The average molecular weight is 610 g/mol. The molecule has 0 aliphatic carbocycles. The number of hydrogen-bond donors (Lipinski definition) is 1. The van der Waals surface area contributed by atoms with Crippen LogP contribution in [0.25, 0.3) is 0 Å². The van der Waals surface area contributed by atoms with Gasteiger partial charge in [0.15, 0.2) is 0 Å². The second-order valence-corrected chi connectivity index (χ2v) is 12.5. The molecule has 9 nitrogen and oxygen atoms in total. The van der Waals surface area contributed by atoms with E-state index < -0.39 is 28.5 Å². The van der Waals surface area contributed by atoms with Gasteiger partial charge < -0.3 is 19.7 Å². The molecule has 1 N–H and O–H groups in total. The van der Waals surface area contributed by atoms with E-state index in [4.69, 9.17) is 9.47 Å². The van der Waals surface area contributed by atoms with E-state index in [0.29, 0.717) is 17.9 Å². The highest BCUT2D eigenvalue weighted by atomic mass is 32.2. The lowest BCUT2D eigenvalue weighted by atomic mass is 10.1. The van der Waals surface area contributed by atoms with Crippen LogP contribution in [0.3, 0.4) is 0 Å². The lowest BCUT2D eigenvalue weighted by Gasteiger charge is -2.34. The zero-order chi connectivity index (χ0) is 31.7. The molecule has 0 saturated carbocycles. The number of carbonyl (C=O) groups excluding carboxylic acids is 2. The summed E-state index contributed by atoms with van der Waals surface area (Å²) in [6.07, 6.45) is 1.05. The fraction of sp³-hybridized carbons (Fsp3) is 0.394. The van der Waals surface area contributed by atoms with Crippen LogP contribution < -0.4 is 19.1 Å². The van der Waals surface area contributed by atoms with Crippen LogP contribution in [-0.2, 0) is 26.2 Å². The Hall–Kier alpha value is -4.05. The fourth-order valence-electron chi connectivity index (χ4n) is 4.67. The number of anilines is 1. The molecule has 3 aromatic carbocycles. The second kappa shape index (κ2) is 14.9. The van der Waals surface area contributed by atoms with E-state index in [-0.39, 0.29) is 29.1 Å². The smallest absolute Gasteiger partial charge is 0.264 e. The van der Waals surface area contributed by atoms with Crippen LogP contribution in [0, 0.1) is 13.8 Å². The molecular weight excluding hydrogens is 566 g/mol. The van der Waals surface area contributed by atoms with E-state index in [9.17, 15) is 18.0 Å². The van der Waals surface area contributed by atoms with Crippen molar-refractivity contribution in [2.75, 3.05) is 25.1 Å². The molecule has 0 aliphatic heterocycles. The minimum Gasteiger partial charge on any atom is -0.497 e. The Bertz CT molecular complexity index is 1510. The van der Waals surface area contributed by atoms with E-state index in [1.54, 1.807) is 43.5 Å². The minimum absolute atomic E-state index is 0.0374. The summed E-state index contributed by atoms with van der Waals surface area (Å²) in [6, 6.07) is 17.9. The Balaban J connectivity index is 2.14. The number of amides is 2. The van der Waals surface area contributed by atoms with Crippen molar-refractivity contribution in [2.45, 2.75) is 71.0 Å². The maximum absolute atomic E-state index is 14.3. The van der Waals surface area contributed by atoms with Crippen molar-refractivity contribution in [3.8, 4) is 11.5 Å². The van der Waals surface area contributed by atoms with Crippen LogP contribution in [0.5, 0.6) is 11.5 Å². The van der Waals surface area contributed by atoms with Gasteiger partial charge in [0, 0.05) is 12.6 Å². The topological polar surface area (TPSA) is 105 Å². The lowest BCUT2D eigenvalue weighted by molar-refractivity contribution is -0.140. The molecule has 3 rings (SSSR count). The molecule has 2 atom stereocenters. The highest BCUT2D eigenvalue weighted by molar-refractivity contribution is 7.92. The normalized spacial score (nSPS) is 12.6. The predicted molar refractivity (Wildman–Crippen MR) is 169 cm³/mol. The first-order chi connectivity index (χ1) is 20.4. The third kappa shape index (κ3) is 8.28. The van der Waals surface area contributed by atoms with Crippen LogP contribution in [0.15, 0.2) is 71.6 Å². The Morgan fingerprint density at radius 3 is 2.16 bits per heavy atom. The van der Waals surface area contributed by atoms with Crippen LogP contribution >= 0.6 is 0 Å². The summed E-state index contributed by atoms with van der Waals surface area (Å²) in [5, 5.41) is 2.99. The Labute approximate surface area is 255 Å². The van der Waals surface area contributed by atoms with Crippen molar-refractivity contribution >= 4 is 27.5 Å². The van der Waals surface area contributed by atoms with Gasteiger partial charge in [-0.3, -0.25) is 13.9 Å². The molecule has 0 spiro atoms. The zero-order valence-corrected chi connectivity index (χ0v) is 26.9. The number of hydrogen-bond acceptors (Lipinski definition) is 6. The number of benzene rings is 3. The summed E-state index contributed by atoms with van der Waals surface area (Å²) >= 11 is 0. The molecule has 0 unspecified atom stereocenters. The summed E-state index contributed by atoms with van der Waals surface area (Å²) in [7, 11) is -1.22. The van der Waals surface area contributed by atoms with Crippen molar-refractivity contribution in [3.63, 3.8) is 0 Å². The largest absolute Gasteiger partial charge is 0.497 e. The number of methoxy groups -OCH3 is 2. The molecule has 2 amide bonds. The molecule has 0 radical (unpaired) electrons. The number of nitrogens with one attached hydrogen (secondary N) is 1. The summed E-state index contributed by atoms with van der Waals surface area (Å²) < 4.78 is 40.4. The molecule has 0 aliphatic rings. The van der Waals surface area contributed by atoms with E-state index in [0.717, 1.165) is 27.4 Å². The quantitative estimate of drug-likeness (QED) is 0.268. The number of ether oxygens (including phenoxy) is 2. The van der Waals surface area contributed by atoms with E-state index >= 15 is 0 Å². The van der Waals surface area contributed by atoms with Crippen molar-refractivity contribution in [3.05, 3.63) is 83.4 Å². The van der Waals surface area contributed by atoms with Gasteiger partial charge in [0.05, 0.1) is 24.8 Å². The Kier molecular flexibility index (Phi) is 11.6. The van der Waals surface area contributed by atoms with Crippen molar-refractivity contribution in [2.24, 2.45) is 0 Å². The highest BCUT2D eigenvalue weighted by Crippen LogP contribution is 2.34. The van der Waals surface area contributed by atoms with Gasteiger partial charge in [0.2, 0.25) is 11.8 Å². The first-order valence-corrected chi connectivity index (χ1v) is 15.9. The van der Waals surface area contributed by atoms with Gasteiger partial charge in [-0.2, -0.15) is 0 Å². The second-order valence-electron chi connectivity index (χ2n) is 10.6. The zero-order valence-electron chi connectivity index (χ0n) is 26.1. The van der Waals surface area contributed by atoms with Crippen molar-refractivity contribution < 1.29 is 27.5 Å². The molecule has 0 bridgehead atoms. The van der Waals surface area contributed by atoms with Gasteiger partial charge in [-0.15, -0.1) is 0 Å². The monoisotopic (exact) mass is 609 g/mol. The van der Waals surface area contributed by atoms with E-state index in [2.05, 4.69) is 5.32 Å². The number of nitrogens with zero attached hydrogens (tertiary/aromatic N) is 2. The maximum Gasteiger partial charge on any atom is 0.264 e. The van der Waals surface area contributed by atoms with Gasteiger partial charge in [0.1, 0.15) is 24.1 Å². The van der Waals surface area contributed by atoms with Gasteiger partial charge in [-0.1, -0.05) is 49.7 Å². The summed E-state index contributed by atoms with van der Waals surface area (Å²) in [4.78, 5) is 29.3. The molecule has 43 heavy (non-hydrogen) atoms. The minimum atomic E-state index is -4.22. The maximum atomic E-state index is 14.3. The third-order valence-corrected chi connectivity index (χ3v) is 9.14. The van der Waals surface area contributed by atoms with Gasteiger partial charge in [-0.25, -0.2) is 8.42 Å². The molecule has 0 aromatic heterocycles. The van der Waals surface area contributed by atoms with Gasteiger partial charge >= 0.3 is 0 Å². The lowest BCUT2D eigenvalue weighted by Crippen LogP contribution is -2.53.